The Morgan fingerprint density at radius 2 is 0.743 bits per heavy atom. The van der Waals surface area contributed by atoms with Crippen molar-refractivity contribution < 1.29 is 4.42 Å². The van der Waals surface area contributed by atoms with Gasteiger partial charge in [0.05, 0.1) is 22.4 Å². The second-order valence-corrected chi connectivity index (χ2v) is 18.7. The summed E-state index contributed by atoms with van der Waals surface area (Å²) in [6.45, 7) is 6.55. The lowest BCUT2D eigenvalue weighted by atomic mass is 9.91. The molecule has 0 unspecified atom stereocenters. The largest absolute Gasteiger partial charge is 0.455 e. The van der Waals surface area contributed by atoms with E-state index in [0.717, 1.165) is 99.6 Å². The fourth-order valence-corrected chi connectivity index (χ4v) is 10.9. The van der Waals surface area contributed by atoms with E-state index in [1.165, 1.54) is 49.7 Å². The topological polar surface area (TPSA) is 38.9 Å². The van der Waals surface area contributed by atoms with Gasteiger partial charge in [0, 0.05) is 38.2 Å². The van der Waals surface area contributed by atoms with E-state index >= 15 is 0 Å². The molecule has 2 aromatic heterocycles. The minimum absolute atomic E-state index is 0.845. The number of furan rings is 1. The van der Waals surface area contributed by atoms with Crippen molar-refractivity contribution in [3.05, 3.63) is 241 Å². The summed E-state index contributed by atoms with van der Waals surface area (Å²) in [5.41, 5.74) is 22.2. The maximum Gasteiger partial charge on any atom is 0.143 e. The van der Waals surface area contributed by atoms with E-state index in [-0.39, 0.29) is 0 Å². The maximum absolute atomic E-state index is 7.01. The van der Waals surface area contributed by atoms with Crippen LogP contribution in [0.3, 0.4) is 0 Å². The van der Waals surface area contributed by atoms with Crippen LogP contribution in [-0.4, -0.2) is 9.97 Å². The van der Waals surface area contributed by atoms with Crippen LogP contribution in [-0.2, 0) is 0 Å². The first-order chi connectivity index (χ1) is 34.4. The number of hydrogen-bond donors (Lipinski definition) is 0. The van der Waals surface area contributed by atoms with E-state index in [1.54, 1.807) is 0 Å². The Balaban J connectivity index is 1.05. The van der Waals surface area contributed by atoms with Crippen molar-refractivity contribution in [2.45, 2.75) is 20.8 Å². The van der Waals surface area contributed by atoms with Crippen LogP contribution < -0.4 is 0 Å². The standard InChI is InChI=1S/C67H46N2O/c1-41-33-42(2)62(43(3)34-41)66-63(68-64-56-29-12-10-27-54(56)55-28-11-13-30-57(55)65(64)69-66)52-26-16-25-51(37-52)58-39-53(49-24-15-22-47(36-49)45-19-8-5-9-20-45)40-60-59-38-50(31-32-61(59)70-67(58)60)48-23-14-21-46(35-48)44-17-6-4-7-18-44/h4-40H,1-3H3. The van der Waals surface area contributed by atoms with Crippen molar-refractivity contribution in [3.63, 3.8) is 0 Å². The first kappa shape index (κ1) is 41.3. The third-order valence-electron chi connectivity index (χ3n) is 14.1. The van der Waals surface area contributed by atoms with Crippen LogP contribution in [0, 0.1) is 20.8 Å². The summed E-state index contributed by atoms with van der Waals surface area (Å²) in [6, 6.07) is 80.6. The van der Waals surface area contributed by atoms with Gasteiger partial charge in [0.2, 0.25) is 0 Å². The predicted molar refractivity (Wildman–Crippen MR) is 294 cm³/mol. The van der Waals surface area contributed by atoms with Gasteiger partial charge in [0.15, 0.2) is 0 Å². The minimum Gasteiger partial charge on any atom is -0.455 e. The Labute approximate surface area is 407 Å². The highest BCUT2D eigenvalue weighted by Crippen LogP contribution is 2.44. The Morgan fingerprint density at radius 1 is 0.300 bits per heavy atom. The van der Waals surface area contributed by atoms with E-state index in [1.807, 2.05) is 0 Å². The molecule has 13 aromatic rings. The first-order valence-electron chi connectivity index (χ1n) is 24.0. The van der Waals surface area contributed by atoms with Gasteiger partial charge in [-0.05, 0) is 135 Å². The predicted octanol–water partition coefficient (Wildman–Crippen LogP) is 18.4. The number of nitrogens with zero attached hydrogens (tertiary/aromatic N) is 2. The zero-order valence-corrected chi connectivity index (χ0v) is 39.2. The van der Waals surface area contributed by atoms with Crippen LogP contribution >= 0.6 is 0 Å². The van der Waals surface area contributed by atoms with Gasteiger partial charge in [-0.3, -0.25) is 0 Å². The van der Waals surface area contributed by atoms with Crippen LogP contribution in [0.4, 0.5) is 0 Å². The molecule has 0 aliphatic heterocycles. The van der Waals surface area contributed by atoms with Crippen molar-refractivity contribution in [3.8, 4) is 78.1 Å². The number of hydrogen-bond acceptors (Lipinski definition) is 3. The minimum atomic E-state index is 0.845. The molecular formula is C67H46N2O. The summed E-state index contributed by atoms with van der Waals surface area (Å²) in [7, 11) is 0. The molecule has 11 aromatic carbocycles. The highest BCUT2D eigenvalue weighted by atomic mass is 16.3. The summed E-state index contributed by atoms with van der Waals surface area (Å²) in [5, 5.41) is 6.67. The van der Waals surface area contributed by atoms with Crippen LogP contribution in [0.1, 0.15) is 16.7 Å². The van der Waals surface area contributed by atoms with Crippen LogP contribution in [0.25, 0.3) is 133 Å². The van der Waals surface area contributed by atoms with Gasteiger partial charge >= 0.3 is 0 Å². The molecule has 0 fully saturated rings. The lowest BCUT2D eigenvalue weighted by Gasteiger charge is -2.18. The van der Waals surface area contributed by atoms with Crippen molar-refractivity contribution in [1.82, 2.24) is 9.97 Å². The van der Waals surface area contributed by atoms with Gasteiger partial charge < -0.3 is 4.42 Å². The second kappa shape index (κ2) is 16.7. The van der Waals surface area contributed by atoms with E-state index in [0.29, 0.717) is 0 Å². The van der Waals surface area contributed by atoms with Crippen LogP contribution in [0.15, 0.2) is 229 Å². The molecule has 0 amide bonds. The fourth-order valence-electron chi connectivity index (χ4n) is 10.9. The maximum atomic E-state index is 7.01. The molecular weight excluding hydrogens is 849 g/mol. The molecule has 3 heteroatoms. The molecule has 2 heterocycles. The van der Waals surface area contributed by atoms with Crippen molar-refractivity contribution >= 4 is 54.5 Å². The molecule has 0 atom stereocenters. The third kappa shape index (κ3) is 7.05. The normalized spacial score (nSPS) is 11.6. The van der Waals surface area contributed by atoms with Gasteiger partial charge in [-0.15, -0.1) is 0 Å². The average Bonchev–Trinajstić information content (AvgIpc) is 3.79. The molecule has 0 spiro atoms. The third-order valence-corrected chi connectivity index (χ3v) is 14.1. The summed E-state index contributed by atoms with van der Waals surface area (Å²) in [5.74, 6) is 0. The van der Waals surface area contributed by atoms with Crippen molar-refractivity contribution in [2.24, 2.45) is 0 Å². The fraction of sp³-hybridized carbons (Fsp3) is 0.0448. The van der Waals surface area contributed by atoms with E-state index < -0.39 is 0 Å². The Morgan fingerprint density at radius 3 is 1.34 bits per heavy atom. The van der Waals surface area contributed by atoms with Crippen LogP contribution in [0.2, 0.25) is 0 Å². The van der Waals surface area contributed by atoms with E-state index in [2.05, 4.69) is 245 Å². The number of benzene rings is 11. The van der Waals surface area contributed by atoms with Crippen molar-refractivity contribution in [1.29, 1.82) is 0 Å². The van der Waals surface area contributed by atoms with Gasteiger partial charge in [0.25, 0.3) is 0 Å². The zero-order valence-electron chi connectivity index (χ0n) is 39.2. The SMILES string of the molecule is Cc1cc(C)c(-c2nc3c4ccccc4c4ccccc4c3nc2-c2cccc(-c3cc(-c4cccc(-c5ccccc5)c4)cc4c3oc3ccc(-c5cccc(-c6ccccc6)c5)cc34)c2)c(C)c1. The molecule has 0 saturated heterocycles. The highest BCUT2D eigenvalue weighted by Gasteiger charge is 2.22. The molecule has 330 valence electrons. The molecule has 0 N–H and O–H groups in total. The van der Waals surface area contributed by atoms with Gasteiger partial charge in [-0.2, -0.15) is 0 Å². The Kier molecular flexibility index (Phi) is 9.85. The molecule has 0 saturated carbocycles. The van der Waals surface area contributed by atoms with Crippen molar-refractivity contribution in [2.75, 3.05) is 0 Å². The summed E-state index contributed by atoms with van der Waals surface area (Å²) < 4.78 is 7.01. The smallest absolute Gasteiger partial charge is 0.143 e. The lowest BCUT2D eigenvalue weighted by molar-refractivity contribution is 0.670. The number of aromatic nitrogens is 2. The lowest BCUT2D eigenvalue weighted by Crippen LogP contribution is -2.00. The molecule has 70 heavy (non-hydrogen) atoms. The molecule has 0 aliphatic rings. The van der Waals surface area contributed by atoms with Crippen LogP contribution in [0.5, 0.6) is 0 Å². The van der Waals surface area contributed by atoms with Gasteiger partial charge in [-0.1, -0.05) is 188 Å². The molecule has 3 nitrogen and oxygen atoms in total. The number of aryl methyl sites for hydroxylation is 3. The van der Waals surface area contributed by atoms with E-state index in [9.17, 15) is 0 Å². The highest BCUT2D eigenvalue weighted by molar-refractivity contribution is 6.23. The second-order valence-electron chi connectivity index (χ2n) is 18.7. The molecule has 13 rings (SSSR count). The summed E-state index contributed by atoms with van der Waals surface area (Å²) >= 11 is 0. The quantitative estimate of drug-likeness (QED) is 0.150. The molecule has 0 aliphatic carbocycles. The number of rotatable bonds is 7. The Hall–Kier alpha value is -8.92. The zero-order chi connectivity index (χ0) is 46.9. The monoisotopic (exact) mass is 894 g/mol. The first-order valence-corrected chi connectivity index (χ1v) is 24.0. The van der Waals surface area contributed by atoms with Gasteiger partial charge in [0.1, 0.15) is 11.2 Å². The van der Waals surface area contributed by atoms with E-state index in [4.69, 9.17) is 14.4 Å². The summed E-state index contributed by atoms with van der Waals surface area (Å²) in [4.78, 5) is 11.4. The number of fused-ring (bicyclic) bond motifs is 9. The molecule has 0 bridgehead atoms. The average molecular weight is 895 g/mol. The van der Waals surface area contributed by atoms with Gasteiger partial charge in [-0.25, -0.2) is 9.97 Å². The Bertz CT molecular complexity index is 4180. The molecule has 0 radical (unpaired) electrons. The summed E-state index contributed by atoms with van der Waals surface area (Å²) in [6.07, 6.45) is 0.